The molecular formula is C13H20ClN3. The second kappa shape index (κ2) is 5.50. The van der Waals surface area contributed by atoms with Crippen LogP contribution < -0.4 is 0 Å². The normalized spacial score (nSPS) is 11.2. The lowest BCUT2D eigenvalue weighted by atomic mass is 9.90. The van der Waals surface area contributed by atoms with E-state index in [1.165, 1.54) is 0 Å². The minimum atomic E-state index is 0.217. The van der Waals surface area contributed by atoms with Gasteiger partial charge in [0.2, 0.25) is 0 Å². The van der Waals surface area contributed by atoms with Crippen LogP contribution in [0.15, 0.2) is 18.3 Å². The smallest absolute Gasteiger partial charge is 0.156 e. The fourth-order valence-corrected chi connectivity index (χ4v) is 1.81. The molecule has 0 aliphatic carbocycles. The number of hydrogen-bond acceptors (Lipinski definition) is 2. The standard InChI is InChI=1S/C11H14ClN3.C2H6/c1-11(2,3)7-8-6-9(12)15-10(14-8)4-5-13-15;1-2/h4-6H,7H2,1-3H3;1-2H3. The van der Waals surface area contributed by atoms with Crippen molar-refractivity contribution in [2.45, 2.75) is 41.0 Å². The van der Waals surface area contributed by atoms with E-state index < -0.39 is 0 Å². The number of hydrogen-bond donors (Lipinski definition) is 0. The fourth-order valence-electron chi connectivity index (χ4n) is 1.56. The van der Waals surface area contributed by atoms with Crippen LogP contribution in [0.1, 0.15) is 40.3 Å². The Kier molecular flexibility index (Phi) is 4.52. The number of rotatable bonds is 1. The molecule has 0 radical (unpaired) electrons. The Morgan fingerprint density at radius 2 is 1.94 bits per heavy atom. The van der Waals surface area contributed by atoms with Gasteiger partial charge in [0, 0.05) is 11.8 Å². The molecule has 0 bridgehead atoms. The molecule has 0 aliphatic heterocycles. The summed E-state index contributed by atoms with van der Waals surface area (Å²) in [6.45, 7) is 10.6. The second-order valence-corrected chi connectivity index (χ2v) is 5.30. The Bertz CT molecular complexity index is 483. The molecule has 0 fully saturated rings. The highest BCUT2D eigenvalue weighted by Crippen LogP contribution is 2.21. The van der Waals surface area contributed by atoms with Crippen molar-refractivity contribution >= 4 is 17.2 Å². The van der Waals surface area contributed by atoms with Crippen molar-refractivity contribution in [2.75, 3.05) is 0 Å². The molecule has 0 aromatic carbocycles. The molecule has 0 aliphatic rings. The minimum absolute atomic E-state index is 0.217. The van der Waals surface area contributed by atoms with Crippen LogP contribution in [0.5, 0.6) is 0 Å². The van der Waals surface area contributed by atoms with Gasteiger partial charge in [-0.1, -0.05) is 46.2 Å². The SMILES string of the molecule is CC.CC(C)(C)Cc1cc(Cl)n2nccc2n1. The maximum Gasteiger partial charge on any atom is 0.156 e. The second-order valence-electron chi connectivity index (χ2n) is 4.91. The van der Waals surface area contributed by atoms with Gasteiger partial charge in [0.05, 0.1) is 6.20 Å². The first-order valence-electron chi connectivity index (χ1n) is 5.95. The summed E-state index contributed by atoms with van der Waals surface area (Å²) in [6.07, 6.45) is 2.61. The minimum Gasteiger partial charge on any atom is -0.233 e. The fraction of sp³-hybridized carbons (Fsp3) is 0.538. The molecule has 0 atom stereocenters. The van der Waals surface area contributed by atoms with E-state index in [9.17, 15) is 0 Å². The highest BCUT2D eigenvalue weighted by Gasteiger charge is 2.14. The molecule has 0 saturated heterocycles. The third-order valence-electron chi connectivity index (χ3n) is 2.08. The van der Waals surface area contributed by atoms with Crippen LogP contribution in [0.4, 0.5) is 0 Å². The van der Waals surface area contributed by atoms with Crippen LogP contribution in [0.3, 0.4) is 0 Å². The van der Waals surface area contributed by atoms with E-state index in [4.69, 9.17) is 11.6 Å². The quantitative estimate of drug-likeness (QED) is 0.719. The zero-order valence-electron chi connectivity index (χ0n) is 11.2. The summed E-state index contributed by atoms with van der Waals surface area (Å²) in [4.78, 5) is 4.50. The summed E-state index contributed by atoms with van der Waals surface area (Å²) in [6, 6.07) is 3.74. The average Bonchev–Trinajstić information content (AvgIpc) is 2.66. The molecule has 0 unspecified atom stereocenters. The Hall–Kier alpha value is -1.09. The van der Waals surface area contributed by atoms with Crippen molar-refractivity contribution < 1.29 is 0 Å². The maximum absolute atomic E-state index is 6.09. The predicted molar refractivity (Wildman–Crippen MR) is 72.5 cm³/mol. The first kappa shape index (κ1) is 14.0. The average molecular weight is 254 g/mol. The van der Waals surface area contributed by atoms with Gasteiger partial charge in [-0.15, -0.1) is 0 Å². The molecule has 3 nitrogen and oxygen atoms in total. The van der Waals surface area contributed by atoms with E-state index in [1.54, 1.807) is 10.7 Å². The first-order chi connectivity index (χ1) is 7.96. The summed E-state index contributed by atoms with van der Waals surface area (Å²) < 4.78 is 1.63. The number of nitrogens with zero attached hydrogens (tertiary/aromatic N) is 3. The Morgan fingerprint density at radius 3 is 2.53 bits per heavy atom. The van der Waals surface area contributed by atoms with Gasteiger partial charge >= 0.3 is 0 Å². The topological polar surface area (TPSA) is 30.2 Å². The summed E-state index contributed by atoms with van der Waals surface area (Å²) in [5.74, 6) is 0. The van der Waals surface area contributed by atoms with Crippen molar-refractivity contribution in [3.8, 4) is 0 Å². The van der Waals surface area contributed by atoms with Crippen molar-refractivity contribution in [3.05, 3.63) is 29.2 Å². The molecule has 2 aromatic heterocycles. The predicted octanol–water partition coefficient (Wildman–Crippen LogP) is 4.00. The lowest BCUT2D eigenvalue weighted by Gasteiger charge is -2.17. The molecule has 17 heavy (non-hydrogen) atoms. The lowest BCUT2D eigenvalue weighted by Crippen LogP contribution is -2.11. The zero-order chi connectivity index (χ0) is 13.1. The summed E-state index contributed by atoms with van der Waals surface area (Å²) in [5, 5.41) is 4.69. The van der Waals surface area contributed by atoms with Gasteiger partial charge in [0.25, 0.3) is 0 Å². The van der Waals surface area contributed by atoms with Crippen molar-refractivity contribution in [3.63, 3.8) is 0 Å². The lowest BCUT2D eigenvalue weighted by molar-refractivity contribution is 0.406. The van der Waals surface area contributed by atoms with E-state index >= 15 is 0 Å². The van der Waals surface area contributed by atoms with Gasteiger partial charge in [0.15, 0.2) is 5.65 Å². The third-order valence-corrected chi connectivity index (χ3v) is 2.35. The largest absolute Gasteiger partial charge is 0.233 e. The summed E-state index contributed by atoms with van der Waals surface area (Å²) >= 11 is 6.09. The molecule has 4 heteroatoms. The molecule has 0 amide bonds. The van der Waals surface area contributed by atoms with Crippen molar-refractivity contribution in [2.24, 2.45) is 5.41 Å². The van der Waals surface area contributed by atoms with E-state index in [-0.39, 0.29) is 5.41 Å². The van der Waals surface area contributed by atoms with Gasteiger partial charge in [-0.3, -0.25) is 0 Å². The van der Waals surface area contributed by atoms with E-state index in [2.05, 4.69) is 30.9 Å². The monoisotopic (exact) mass is 253 g/mol. The van der Waals surface area contributed by atoms with Gasteiger partial charge in [-0.25, -0.2) is 9.50 Å². The van der Waals surface area contributed by atoms with Crippen LogP contribution in [-0.4, -0.2) is 14.6 Å². The van der Waals surface area contributed by atoms with Crippen molar-refractivity contribution in [1.82, 2.24) is 14.6 Å². The van der Waals surface area contributed by atoms with E-state index in [1.807, 2.05) is 26.0 Å². The van der Waals surface area contributed by atoms with Crippen LogP contribution in [-0.2, 0) is 6.42 Å². The molecule has 2 heterocycles. The molecule has 0 saturated carbocycles. The summed E-state index contributed by atoms with van der Waals surface area (Å²) in [5.41, 5.74) is 2.04. The van der Waals surface area contributed by atoms with E-state index in [0.717, 1.165) is 17.8 Å². The van der Waals surface area contributed by atoms with Gasteiger partial charge < -0.3 is 0 Å². The molecule has 94 valence electrons. The van der Waals surface area contributed by atoms with Gasteiger partial charge in [-0.2, -0.15) is 5.10 Å². The van der Waals surface area contributed by atoms with Crippen LogP contribution >= 0.6 is 11.6 Å². The molecule has 0 N–H and O–H groups in total. The molecule has 2 rings (SSSR count). The van der Waals surface area contributed by atoms with Gasteiger partial charge in [0.1, 0.15) is 5.15 Å². The Labute approximate surface area is 108 Å². The van der Waals surface area contributed by atoms with Gasteiger partial charge in [-0.05, 0) is 17.9 Å². The Balaban J connectivity index is 0.000000686. The highest BCUT2D eigenvalue weighted by molar-refractivity contribution is 6.29. The summed E-state index contributed by atoms with van der Waals surface area (Å²) in [7, 11) is 0. The molecule has 0 spiro atoms. The van der Waals surface area contributed by atoms with Crippen molar-refractivity contribution in [1.29, 1.82) is 0 Å². The molecular weight excluding hydrogens is 234 g/mol. The Morgan fingerprint density at radius 1 is 1.29 bits per heavy atom. The maximum atomic E-state index is 6.09. The number of halogens is 1. The van der Waals surface area contributed by atoms with Crippen LogP contribution in [0.25, 0.3) is 5.65 Å². The highest BCUT2D eigenvalue weighted by atomic mass is 35.5. The third kappa shape index (κ3) is 3.70. The zero-order valence-corrected chi connectivity index (χ0v) is 11.9. The number of aromatic nitrogens is 3. The first-order valence-corrected chi connectivity index (χ1v) is 6.33. The van der Waals surface area contributed by atoms with Crippen LogP contribution in [0.2, 0.25) is 5.15 Å². The number of fused-ring (bicyclic) bond motifs is 1. The van der Waals surface area contributed by atoms with Crippen LogP contribution in [0, 0.1) is 5.41 Å². The molecule has 2 aromatic rings. The van der Waals surface area contributed by atoms with E-state index in [0.29, 0.717) is 5.15 Å².